The fourth-order valence-electron chi connectivity index (χ4n) is 3.14. The molecule has 1 saturated heterocycles. The molecule has 1 aliphatic rings. The molecule has 1 aliphatic heterocycles. The van der Waals surface area contributed by atoms with Crippen LogP contribution in [-0.2, 0) is 6.42 Å². The van der Waals surface area contributed by atoms with Gasteiger partial charge in [-0.05, 0) is 24.8 Å². The third-order valence-corrected chi connectivity index (χ3v) is 4.17. The number of benzene rings is 1. The van der Waals surface area contributed by atoms with Crippen molar-refractivity contribution in [3.8, 4) is 6.07 Å². The maximum Gasteiger partial charge on any atom is 0.103 e. The second kappa shape index (κ2) is 5.71. The number of para-hydroxylation sites is 1. The molecule has 1 aromatic carbocycles. The molecule has 0 aliphatic carbocycles. The number of aliphatic hydroxyl groups excluding tert-OH is 1. The summed E-state index contributed by atoms with van der Waals surface area (Å²) in [4.78, 5) is 6.62. The van der Waals surface area contributed by atoms with E-state index in [0.717, 1.165) is 42.4 Å². The Morgan fingerprint density at radius 1 is 1.48 bits per heavy atom. The van der Waals surface area contributed by atoms with Crippen molar-refractivity contribution in [1.82, 2.24) is 4.98 Å². The Kier molecular flexibility index (Phi) is 3.76. The van der Waals surface area contributed by atoms with Gasteiger partial charge in [0, 0.05) is 24.7 Å². The lowest BCUT2D eigenvalue weighted by Gasteiger charge is -2.33. The molecular formula is C17H19N3O. The number of nitriles is 1. The zero-order valence-electron chi connectivity index (χ0n) is 12.2. The average molecular weight is 281 g/mol. The van der Waals surface area contributed by atoms with Gasteiger partial charge in [-0.25, -0.2) is 0 Å². The first kappa shape index (κ1) is 13.8. The van der Waals surface area contributed by atoms with E-state index >= 15 is 0 Å². The number of aryl methyl sites for hydroxylation is 1. The highest BCUT2D eigenvalue weighted by molar-refractivity contribution is 5.96. The molecule has 1 N–H and O–H groups in total. The summed E-state index contributed by atoms with van der Waals surface area (Å²) < 4.78 is 0. The summed E-state index contributed by atoms with van der Waals surface area (Å²) >= 11 is 0. The van der Waals surface area contributed by atoms with Crippen molar-refractivity contribution < 1.29 is 5.11 Å². The van der Waals surface area contributed by atoms with Gasteiger partial charge in [0.25, 0.3) is 0 Å². The minimum atomic E-state index is -0.317. The van der Waals surface area contributed by atoms with Crippen LogP contribution in [0.15, 0.2) is 24.4 Å². The number of pyridine rings is 1. The number of rotatable bonds is 2. The Labute approximate surface area is 124 Å². The van der Waals surface area contributed by atoms with Crippen LogP contribution in [0.2, 0.25) is 0 Å². The number of aromatic nitrogens is 1. The van der Waals surface area contributed by atoms with Crippen molar-refractivity contribution in [3.05, 3.63) is 35.5 Å². The van der Waals surface area contributed by atoms with Crippen LogP contribution in [0.25, 0.3) is 10.9 Å². The highest BCUT2D eigenvalue weighted by Gasteiger charge is 2.22. The summed E-state index contributed by atoms with van der Waals surface area (Å²) in [6.07, 6.45) is 4.05. The number of hydrogen-bond acceptors (Lipinski definition) is 4. The molecule has 0 amide bonds. The maximum absolute atomic E-state index is 9.94. The lowest BCUT2D eigenvalue weighted by atomic mass is 10.0. The van der Waals surface area contributed by atoms with E-state index < -0.39 is 0 Å². The smallest absolute Gasteiger partial charge is 0.103 e. The molecule has 0 spiro atoms. The molecule has 2 heterocycles. The van der Waals surface area contributed by atoms with Crippen LogP contribution in [0.4, 0.5) is 5.69 Å². The zero-order valence-corrected chi connectivity index (χ0v) is 12.2. The summed E-state index contributed by atoms with van der Waals surface area (Å²) in [5.41, 5.74) is 3.67. The lowest BCUT2D eigenvalue weighted by molar-refractivity contribution is 0.154. The predicted molar refractivity (Wildman–Crippen MR) is 83.3 cm³/mol. The first-order valence-electron chi connectivity index (χ1n) is 7.48. The number of fused-ring (bicyclic) bond motifs is 1. The van der Waals surface area contributed by atoms with Crippen LogP contribution < -0.4 is 4.90 Å². The number of hydrogen-bond donors (Lipinski definition) is 1. The fraction of sp³-hybridized carbons (Fsp3) is 0.412. The Bertz CT molecular complexity index is 705. The molecule has 0 bridgehead atoms. The topological polar surface area (TPSA) is 60.1 Å². The monoisotopic (exact) mass is 281 g/mol. The summed E-state index contributed by atoms with van der Waals surface area (Å²) in [6, 6.07) is 8.38. The number of β-amino-alcohol motifs (C(OH)–C–C–N with tert-alkyl or cyclic N) is 1. The van der Waals surface area contributed by atoms with Crippen LogP contribution in [0.5, 0.6) is 0 Å². The molecule has 3 rings (SSSR count). The third-order valence-electron chi connectivity index (χ3n) is 4.17. The van der Waals surface area contributed by atoms with Crippen molar-refractivity contribution in [2.45, 2.75) is 32.3 Å². The molecule has 1 atom stereocenters. The SMILES string of the molecule is CCc1cccc2c(N3CCC[C@@H](O)C3)c(C#N)cnc12. The molecule has 108 valence electrons. The molecule has 0 unspecified atom stereocenters. The van der Waals surface area contributed by atoms with E-state index in [9.17, 15) is 10.4 Å². The van der Waals surface area contributed by atoms with Gasteiger partial charge in [0.15, 0.2) is 0 Å². The van der Waals surface area contributed by atoms with Gasteiger partial charge >= 0.3 is 0 Å². The quantitative estimate of drug-likeness (QED) is 0.919. The van der Waals surface area contributed by atoms with Crippen molar-refractivity contribution in [2.24, 2.45) is 0 Å². The van der Waals surface area contributed by atoms with Gasteiger partial charge in [-0.1, -0.05) is 25.1 Å². The minimum absolute atomic E-state index is 0.317. The number of nitrogens with zero attached hydrogens (tertiary/aromatic N) is 3. The first-order chi connectivity index (χ1) is 10.2. The third kappa shape index (κ3) is 2.45. The van der Waals surface area contributed by atoms with E-state index in [2.05, 4.69) is 28.9 Å². The molecule has 21 heavy (non-hydrogen) atoms. The fourth-order valence-corrected chi connectivity index (χ4v) is 3.14. The van der Waals surface area contributed by atoms with Gasteiger partial charge in [-0.2, -0.15) is 5.26 Å². The largest absolute Gasteiger partial charge is 0.391 e. The lowest BCUT2D eigenvalue weighted by Crippen LogP contribution is -2.38. The second-order valence-corrected chi connectivity index (χ2v) is 5.54. The Morgan fingerprint density at radius 2 is 2.33 bits per heavy atom. The Balaban J connectivity index is 2.21. The van der Waals surface area contributed by atoms with Gasteiger partial charge in [0.1, 0.15) is 6.07 Å². The molecular weight excluding hydrogens is 262 g/mol. The molecule has 0 saturated carbocycles. The van der Waals surface area contributed by atoms with E-state index in [0.29, 0.717) is 12.1 Å². The van der Waals surface area contributed by atoms with E-state index in [1.807, 2.05) is 12.1 Å². The average Bonchev–Trinajstić information content (AvgIpc) is 2.53. The van der Waals surface area contributed by atoms with Crippen molar-refractivity contribution in [2.75, 3.05) is 18.0 Å². The summed E-state index contributed by atoms with van der Waals surface area (Å²) in [7, 11) is 0. The van der Waals surface area contributed by atoms with Gasteiger partial charge in [-0.15, -0.1) is 0 Å². The highest BCUT2D eigenvalue weighted by atomic mass is 16.3. The van der Waals surface area contributed by atoms with Crippen LogP contribution in [0.3, 0.4) is 0 Å². The molecule has 2 aromatic rings. The van der Waals surface area contributed by atoms with Gasteiger partial charge in [0.05, 0.1) is 22.9 Å². The minimum Gasteiger partial charge on any atom is -0.391 e. The Hall–Kier alpha value is -2.12. The van der Waals surface area contributed by atoms with Crippen molar-refractivity contribution >= 4 is 16.6 Å². The van der Waals surface area contributed by atoms with Crippen molar-refractivity contribution in [3.63, 3.8) is 0 Å². The molecule has 4 nitrogen and oxygen atoms in total. The predicted octanol–water partition coefficient (Wildman–Crippen LogP) is 2.63. The summed E-state index contributed by atoms with van der Waals surface area (Å²) in [5.74, 6) is 0. The van der Waals surface area contributed by atoms with E-state index in [-0.39, 0.29) is 6.10 Å². The highest BCUT2D eigenvalue weighted by Crippen LogP contribution is 2.32. The zero-order chi connectivity index (χ0) is 14.8. The molecule has 0 radical (unpaired) electrons. The first-order valence-corrected chi connectivity index (χ1v) is 7.48. The standard InChI is InChI=1S/C17H19N3O/c1-2-12-5-3-7-15-16(12)19-10-13(9-18)17(15)20-8-4-6-14(21)11-20/h3,5,7,10,14,21H,2,4,6,8,11H2,1H3/t14-/m1/s1. The van der Waals surface area contributed by atoms with Crippen LogP contribution in [0, 0.1) is 11.3 Å². The molecule has 1 aromatic heterocycles. The molecule has 4 heteroatoms. The van der Waals surface area contributed by atoms with E-state index in [1.54, 1.807) is 6.20 Å². The van der Waals surface area contributed by atoms with Crippen LogP contribution >= 0.6 is 0 Å². The van der Waals surface area contributed by atoms with Gasteiger partial charge in [0.2, 0.25) is 0 Å². The molecule has 1 fully saturated rings. The number of piperidine rings is 1. The Morgan fingerprint density at radius 3 is 3.05 bits per heavy atom. The van der Waals surface area contributed by atoms with Crippen LogP contribution in [0.1, 0.15) is 30.9 Å². The van der Waals surface area contributed by atoms with E-state index in [4.69, 9.17) is 0 Å². The second-order valence-electron chi connectivity index (χ2n) is 5.54. The number of aliphatic hydroxyl groups is 1. The van der Waals surface area contributed by atoms with Crippen molar-refractivity contribution in [1.29, 1.82) is 5.26 Å². The summed E-state index contributed by atoms with van der Waals surface area (Å²) in [5, 5.41) is 20.4. The van der Waals surface area contributed by atoms with Gasteiger partial charge in [-0.3, -0.25) is 4.98 Å². The maximum atomic E-state index is 9.94. The summed E-state index contributed by atoms with van der Waals surface area (Å²) in [6.45, 7) is 3.57. The number of anilines is 1. The van der Waals surface area contributed by atoms with Gasteiger partial charge < -0.3 is 10.0 Å². The normalized spacial score (nSPS) is 18.7. The van der Waals surface area contributed by atoms with Crippen LogP contribution in [-0.4, -0.2) is 29.3 Å². The van der Waals surface area contributed by atoms with E-state index in [1.165, 1.54) is 5.56 Å².